The molecule has 0 radical (unpaired) electrons. The van der Waals surface area contributed by atoms with Crippen molar-refractivity contribution < 1.29 is 4.74 Å². The maximum Gasteiger partial charge on any atom is 0.176 e. The fourth-order valence-electron chi connectivity index (χ4n) is 3.73. The van der Waals surface area contributed by atoms with Crippen LogP contribution in [0.15, 0.2) is 0 Å². The van der Waals surface area contributed by atoms with Crippen LogP contribution in [0.1, 0.15) is 49.8 Å². The first-order valence-electron chi connectivity index (χ1n) is 8.26. The summed E-state index contributed by atoms with van der Waals surface area (Å²) < 4.78 is 7.23. The second-order valence-electron chi connectivity index (χ2n) is 6.62. The Balaban J connectivity index is 1.42. The van der Waals surface area contributed by atoms with E-state index in [-0.39, 0.29) is 0 Å². The zero-order chi connectivity index (χ0) is 14.2. The average Bonchev–Trinajstić information content (AvgIpc) is 3.08. The summed E-state index contributed by atoms with van der Waals surface area (Å²) in [5, 5.41) is 8.38. The summed E-state index contributed by atoms with van der Waals surface area (Å²) in [6.45, 7) is 3.96. The Kier molecular flexibility index (Phi) is 3.69. The number of likely N-dealkylation sites (tertiary alicyclic amines) is 1. The van der Waals surface area contributed by atoms with Gasteiger partial charge in [0, 0.05) is 38.8 Å². The van der Waals surface area contributed by atoms with E-state index in [9.17, 15) is 0 Å². The van der Waals surface area contributed by atoms with Crippen molar-refractivity contribution in [2.24, 2.45) is 0 Å². The van der Waals surface area contributed by atoms with Gasteiger partial charge in [-0.15, -0.1) is 0 Å². The van der Waals surface area contributed by atoms with Gasteiger partial charge in [-0.3, -0.25) is 4.90 Å². The van der Waals surface area contributed by atoms with Crippen LogP contribution in [0.5, 0.6) is 0 Å². The molecule has 116 valence electrons. The number of methoxy groups -OCH3 is 1. The number of aryl methyl sites for hydroxylation is 1. The van der Waals surface area contributed by atoms with Gasteiger partial charge < -0.3 is 10.1 Å². The molecule has 0 aromatic carbocycles. The molecule has 1 saturated carbocycles. The Morgan fingerprint density at radius 3 is 2.95 bits per heavy atom. The maximum atomic E-state index is 5.16. The van der Waals surface area contributed by atoms with Crippen molar-refractivity contribution in [1.82, 2.24) is 25.0 Å². The van der Waals surface area contributed by atoms with Crippen molar-refractivity contribution in [3.8, 4) is 0 Å². The minimum Gasteiger partial charge on any atom is -0.377 e. The van der Waals surface area contributed by atoms with Crippen LogP contribution in [-0.2, 0) is 17.9 Å². The summed E-state index contributed by atoms with van der Waals surface area (Å²) in [7, 11) is 1.70. The van der Waals surface area contributed by atoms with Crippen LogP contribution < -0.4 is 5.32 Å². The molecule has 1 aromatic rings. The number of rotatable bonds is 5. The van der Waals surface area contributed by atoms with E-state index in [0.717, 1.165) is 24.2 Å². The molecule has 2 fully saturated rings. The number of nitrogens with one attached hydrogen (secondary N) is 1. The van der Waals surface area contributed by atoms with E-state index in [2.05, 4.69) is 25.0 Å². The van der Waals surface area contributed by atoms with Crippen molar-refractivity contribution in [2.45, 2.75) is 63.4 Å². The summed E-state index contributed by atoms with van der Waals surface area (Å²) in [5.74, 6) is 1.92. The van der Waals surface area contributed by atoms with Crippen LogP contribution in [0.2, 0.25) is 0 Å². The molecule has 1 N–H and O–H groups in total. The molecule has 4 rings (SSSR count). The van der Waals surface area contributed by atoms with E-state index in [0.29, 0.717) is 18.7 Å². The van der Waals surface area contributed by atoms with Crippen molar-refractivity contribution >= 4 is 0 Å². The monoisotopic (exact) mass is 291 g/mol. The average molecular weight is 291 g/mol. The summed E-state index contributed by atoms with van der Waals surface area (Å²) in [6.07, 6.45) is 6.44. The Bertz CT molecular complexity index is 498. The number of nitrogens with zero attached hydrogens (tertiary/aromatic N) is 4. The molecule has 6 heteroatoms. The highest BCUT2D eigenvalue weighted by Crippen LogP contribution is 2.31. The molecule has 0 unspecified atom stereocenters. The minimum atomic E-state index is 0.362. The normalized spacial score (nSPS) is 29.8. The van der Waals surface area contributed by atoms with Crippen LogP contribution in [0.25, 0.3) is 0 Å². The quantitative estimate of drug-likeness (QED) is 0.880. The second kappa shape index (κ2) is 5.66. The summed E-state index contributed by atoms with van der Waals surface area (Å²) in [5.41, 5.74) is 0. The van der Waals surface area contributed by atoms with Crippen LogP contribution in [0, 0.1) is 0 Å². The summed E-state index contributed by atoms with van der Waals surface area (Å²) >= 11 is 0. The SMILES string of the molecule is COCc1nc2n(n1)CCC[C@@H]2N[C@@H]1CCN(C2CC2)C1. The molecule has 2 atom stereocenters. The first kappa shape index (κ1) is 13.7. The lowest BCUT2D eigenvalue weighted by Gasteiger charge is -2.26. The lowest BCUT2D eigenvalue weighted by atomic mass is 10.1. The Morgan fingerprint density at radius 1 is 1.24 bits per heavy atom. The first-order valence-corrected chi connectivity index (χ1v) is 8.26. The molecule has 0 bridgehead atoms. The van der Waals surface area contributed by atoms with E-state index in [1.807, 2.05) is 0 Å². The van der Waals surface area contributed by atoms with E-state index >= 15 is 0 Å². The molecule has 0 spiro atoms. The van der Waals surface area contributed by atoms with E-state index in [1.54, 1.807) is 7.11 Å². The van der Waals surface area contributed by atoms with Gasteiger partial charge >= 0.3 is 0 Å². The zero-order valence-electron chi connectivity index (χ0n) is 12.8. The fourth-order valence-corrected chi connectivity index (χ4v) is 3.73. The van der Waals surface area contributed by atoms with Gasteiger partial charge in [0.1, 0.15) is 12.4 Å². The van der Waals surface area contributed by atoms with Gasteiger partial charge in [0.15, 0.2) is 5.82 Å². The maximum absolute atomic E-state index is 5.16. The number of hydrogen-bond acceptors (Lipinski definition) is 5. The topological polar surface area (TPSA) is 55.2 Å². The van der Waals surface area contributed by atoms with E-state index in [4.69, 9.17) is 4.74 Å². The zero-order valence-corrected chi connectivity index (χ0v) is 12.8. The fraction of sp³-hybridized carbons (Fsp3) is 0.867. The second-order valence-corrected chi connectivity index (χ2v) is 6.62. The molecule has 6 nitrogen and oxygen atoms in total. The van der Waals surface area contributed by atoms with Gasteiger partial charge in [-0.1, -0.05) is 0 Å². The van der Waals surface area contributed by atoms with Crippen LogP contribution >= 0.6 is 0 Å². The molecule has 2 aliphatic heterocycles. The first-order chi connectivity index (χ1) is 10.3. The molecule has 1 aliphatic carbocycles. The molecule has 1 aromatic heterocycles. The molecule has 3 aliphatic rings. The highest BCUT2D eigenvalue weighted by atomic mass is 16.5. The highest BCUT2D eigenvalue weighted by molar-refractivity contribution is 5.03. The molecular weight excluding hydrogens is 266 g/mol. The predicted molar refractivity (Wildman–Crippen MR) is 78.8 cm³/mol. The standard InChI is InChI=1S/C15H25N5O/c1-21-10-14-17-15-13(3-2-7-20(15)18-14)16-11-6-8-19(9-11)12-4-5-12/h11-13,16H,2-10H2,1H3/t11-,13+/m1/s1. The lowest BCUT2D eigenvalue weighted by Crippen LogP contribution is -2.38. The van der Waals surface area contributed by atoms with Gasteiger partial charge in [-0.25, -0.2) is 9.67 Å². The third-order valence-electron chi connectivity index (χ3n) is 4.91. The number of aromatic nitrogens is 3. The predicted octanol–water partition coefficient (Wildman–Crippen LogP) is 1.09. The molecule has 1 saturated heterocycles. The minimum absolute atomic E-state index is 0.362. The smallest absolute Gasteiger partial charge is 0.176 e. The van der Waals surface area contributed by atoms with Crippen LogP contribution in [0.4, 0.5) is 0 Å². The third-order valence-corrected chi connectivity index (χ3v) is 4.91. The molecular formula is C15H25N5O. The summed E-state index contributed by atoms with van der Waals surface area (Å²) in [4.78, 5) is 7.34. The molecule has 3 heterocycles. The van der Waals surface area contributed by atoms with Crippen molar-refractivity contribution in [3.63, 3.8) is 0 Å². The molecule has 21 heavy (non-hydrogen) atoms. The van der Waals surface area contributed by atoms with Gasteiger partial charge in [0.05, 0.1) is 6.04 Å². The number of ether oxygens (including phenoxy) is 1. The van der Waals surface area contributed by atoms with Gasteiger partial charge in [-0.05, 0) is 32.1 Å². The largest absolute Gasteiger partial charge is 0.377 e. The van der Waals surface area contributed by atoms with Gasteiger partial charge in [-0.2, -0.15) is 5.10 Å². The number of fused-ring (bicyclic) bond motifs is 1. The Morgan fingerprint density at radius 2 is 2.14 bits per heavy atom. The Labute approximate surface area is 125 Å². The highest BCUT2D eigenvalue weighted by Gasteiger charge is 2.36. The van der Waals surface area contributed by atoms with Crippen molar-refractivity contribution in [1.29, 1.82) is 0 Å². The summed E-state index contributed by atoms with van der Waals surface area (Å²) in [6, 6.07) is 1.87. The third kappa shape index (κ3) is 2.84. The van der Waals surface area contributed by atoms with Crippen LogP contribution in [-0.4, -0.2) is 51.9 Å². The van der Waals surface area contributed by atoms with E-state index in [1.165, 1.54) is 45.2 Å². The van der Waals surface area contributed by atoms with Gasteiger partial charge in [0.25, 0.3) is 0 Å². The van der Waals surface area contributed by atoms with Gasteiger partial charge in [0.2, 0.25) is 0 Å². The van der Waals surface area contributed by atoms with Crippen LogP contribution in [0.3, 0.4) is 0 Å². The number of hydrogen-bond donors (Lipinski definition) is 1. The lowest BCUT2D eigenvalue weighted by molar-refractivity contribution is 0.177. The Hall–Kier alpha value is -0.980. The van der Waals surface area contributed by atoms with Crippen molar-refractivity contribution in [3.05, 3.63) is 11.6 Å². The van der Waals surface area contributed by atoms with Crippen molar-refractivity contribution in [2.75, 3.05) is 20.2 Å². The van der Waals surface area contributed by atoms with E-state index < -0.39 is 0 Å². The molecule has 0 amide bonds.